The van der Waals surface area contributed by atoms with E-state index in [2.05, 4.69) is 21.8 Å². The second kappa shape index (κ2) is 7.19. The molecular formula is C18H22N4O2S. The van der Waals surface area contributed by atoms with E-state index in [-0.39, 0.29) is 18.1 Å². The Balaban J connectivity index is 1.50. The number of aryl methyl sites for hydroxylation is 1. The number of fused-ring (bicyclic) bond motifs is 1. The lowest BCUT2D eigenvalue weighted by atomic mass is 9.97. The second-order valence-corrected chi connectivity index (χ2v) is 7.54. The third-order valence-corrected chi connectivity index (χ3v) is 5.99. The van der Waals surface area contributed by atoms with E-state index in [1.165, 1.54) is 4.88 Å². The highest BCUT2D eigenvalue weighted by Crippen LogP contribution is 2.26. The molecule has 132 valence electrons. The van der Waals surface area contributed by atoms with E-state index in [4.69, 9.17) is 4.74 Å². The first-order chi connectivity index (χ1) is 12.2. The topological polar surface area (TPSA) is 58.6 Å². The maximum absolute atomic E-state index is 12.9. The summed E-state index contributed by atoms with van der Waals surface area (Å²) in [6.07, 6.45) is 4.44. The van der Waals surface area contributed by atoms with Gasteiger partial charge < -0.3 is 9.64 Å². The number of hydrogen-bond acceptors (Lipinski definition) is 6. The summed E-state index contributed by atoms with van der Waals surface area (Å²) in [6.45, 7) is 6.06. The van der Waals surface area contributed by atoms with E-state index in [0.29, 0.717) is 18.7 Å². The van der Waals surface area contributed by atoms with Crippen molar-refractivity contribution in [3.05, 3.63) is 46.2 Å². The summed E-state index contributed by atoms with van der Waals surface area (Å²) >= 11 is 1.71. The zero-order valence-electron chi connectivity index (χ0n) is 14.3. The van der Waals surface area contributed by atoms with Crippen molar-refractivity contribution in [2.45, 2.75) is 32.0 Å². The van der Waals surface area contributed by atoms with Crippen LogP contribution >= 0.6 is 11.3 Å². The number of nitrogens with zero attached hydrogens (tertiary/aromatic N) is 4. The zero-order valence-corrected chi connectivity index (χ0v) is 15.1. The Kier molecular flexibility index (Phi) is 4.78. The largest absolute Gasteiger partial charge is 0.374 e. The molecular weight excluding hydrogens is 336 g/mol. The first kappa shape index (κ1) is 16.6. The predicted molar refractivity (Wildman–Crippen MR) is 95.5 cm³/mol. The summed E-state index contributed by atoms with van der Waals surface area (Å²) in [6, 6.07) is 3.68. The monoisotopic (exact) mass is 358 g/mol. The van der Waals surface area contributed by atoms with Gasteiger partial charge in [-0.2, -0.15) is 0 Å². The average Bonchev–Trinajstić information content (AvgIpc) is 3.06. The molecule has 0 radical (unpaired) electrons. The molecule has 6 nitrogen and oxygen atoms in total. The third kappa shape index (κ3) is 3.44. The van der Waals surface area contributed by atoms with Gasteiger partial charge in [0.2, 0.25) is 0 Å². The molecule has 2 fully saturated rings. The molecule has 2 saturated heterocycles. The van der Waals surface area contributed by atoms with Crippen LogP contribution in [0, 0.1) is 6.92 Å². The van der Waals surface area contributed by atoms with Gasteiger partial charge in [0.1, 0.15) is 0 Å². The van der Waals surface area contributed by atoms with Crippen molar-refractivity contribution in [3.8, 4) is 0 Å². The second-order valence-electron chi connectivity index (χ2n) is 6.60. The summed E-state index contributed by atoms with van der Waals surface area (Å²) < 4.78 is 5.96. The fraction of sp³-hybridized carbons (Fsp3) is 0.500. The van der Waals surface area contributed by atoms with Crippen LogP contribution in [0.2, 0.25) is 0 Å². The van der Waals surface area contributed by atoms with Gasteiger partial charge in [-0.1, -0.05) is 0 Å². The molecule has 0 aliphatic carbocycles. The predicted octanol–water partition coefficient (Wildman–Crippen LogP) is 1.96. The fourth-order valence-electron chi connectivity index (χ4n) is 3.67. The number of amides is 1. The van der Waals surface area contributed by atoms with Crippen molar-refractivity contribution in [1.29, 1.82) is 0 Å². The van der Waals surface area contributed by atoms with Crippen LogP contribution in [-0.4, -0.2) is 64.1 Å². The van der Waals surface area contributed by atoms with Crippen LogP contribution in [-0.2, 0) is 11.3 Å². The highest BCUT2D eigenvalue weighted by Gasteiger charge is 2.39. The molecule has 4 rings (SSSR count). The summed E-state index contributed by atoms with van der Waals surface area (Å²) in [5.41, 5.74) is 3.71. The van der Waals surface area contributed by atoms with E-state index in [1.54, 1.807) is 35.9 Å². The van der Waals surface area contributed by atoms with Gasteiger partial charge in [-0.3, -0.25) is 14.7 Å². The summed E-state index contributed by atoms with van der Waals surface area (Å²) in [4.78, 5) is 27.0. The van der Waals surface area contributed by atoms with E-state index in [9.17, 15) is 4.79 Å². The standard InChI is InChI=1S/C18H22N4O2S/c1-13-17(25-12-20-13)11-21-7-4-16-15(10-21)22(8-9-24-16)18(23)14-2-5-19-6-3-14/h2-3,5-6,12,15-16H,4,7-11H2,1H3/t15-,16-/m1/s1. The van der Waals surface area contributed by atoms with Crippen molar-refractivity contribution < 1.29 is 9.53 Å². The van der Waals surface area contributed by atoms with Crippen LogP contribution in [0.3, 0.4) is 0 Å². The maximum Gasteiger partial charge on any atom is 0.254 e. The molecule has 25 heavy (non-hydrogen) atoms. The lowest BCUT2D eigenvalue weighted by Gasteiger charge is -2.47. The first-order valence-corrected chi connectivity index (χ1v) is 9.54. The minimum absolute atomic E-state index is 0.0801. The molecule has 2 aromatic heterocycles. The first-order valence-electron chi connectivity index (χ1n) is 8.66. The summed E-state index contributed by atoms with van der Waals surface area (Å²) in [5.74, 6) is 0.0801. The quantitative estimate of drug-likeness (QED) is 0.839. The van der Waals surface area contributed by atoms with Crippen molar-refractivity contribution in [2.75, 3.05) is 26.2 Å². The Morgan fingerprint density at radius 1 is 1.36 bits per heavy atom. The minimum atomic E-state index is 0.0801. The van der Waals surface area contributed by atoms with Crippen LogP contribution in [0.4, 0.5) is 0 Å². The Morgan fingerprint density at radius 2 is 2.20 bits per heavy atom. The molecule has 0 aromatic carbocycles. The van der Waals surface area contributed by atoms with E-state index in [0.717, 1.165) is 31.7 Å². The van der Waals surface area contributed by atoms with Gasteiger partial charge in [0.25, 0.3) is 5.91 Å². The van der Waals surface area contributed by atoms with E-state index >= 15 is 0 Å². The van der Waals surface area contributed by atoms with Crippen molar-refractivity contribution in [2.24, 2.45) is 0 Å². The van der Waals surface area contributed by atoms with Gasteiger partial charge in [0.15, 0.2) is 0 Å². The molecule has 0 unspecified atom stereocenters. The minimum Gasteiger partial charge on any atom is -0.374 e. The van der Waals surface area contributed by atoms with Crippen LogP contribution in [0.15, 0.2) is 30.0 Å². The van der Waals surface area contributed by atoms with Crippen molar-refractivity contribution >= 4 is 17.2 Å². The molecule has 4 heterocycles. The number of carbonyl (C=O) groups is 1. The number of aromatic nitrogens is 2. The van der Waals surface area contributed by atoms with Crippen LogP contribution in [0.1, 0.15) is 27.3 Å². The third-order valence-electron chi connectivity index (χ3n) is 5.07. The molecule has 2 aromatic rings. The van der Waals surface area contributed by atoms with Crippen LogP contribution in [0.25, 0.3) is 0 Å². The number of piperidine rings is 1. The van der Waals surface area contributed by atoms with Crippen LogP contribution in [0.5, 0.6) is 0 Å². The van der Waals surface area contributed by atoms with Crippen molar-refractivity contribution in [1.82, 2.24) is 19.8 Å². The maximum atomic E-state index is 12.9. The number of carbonyl (C=O) groups excluding carboxylic acids is 1. The van der Waals surface area contributed by atoms with E-state index < -0.39 is 0 Å². The van der Waals surface area contributed by atoms with Gasteiger partial charge in [-0.15, -0.1) is 11.3 Å². The van der Waals surface area contributed by atoms with Gasteiger partial charge >= 0.3 is 0 Å². The van der Waals surface area contributed by atoms with Gasteiger partial charge in [0, 0.05) is 49.0 Å². The highest BCUT2D eigenvalue weighted by molar-refractivity contribution is 7.09. The van der Waals surface area contributed by atoms with Gasteiger partial charge in [-0.05, 0) is 25.5 Å². The number of hydrogen-bond donors (Lipinski definition) is 0. The molecule has 0 bridgehead atoms. The van der Waals surface area contributed by atoms with Gasteiger partial charge in [0.05, 0.1) is 30.0 Å². The van der Waals surface area contributed by atoms with Crippen molar-refractivity contribution in [3.63, 3.8) is 0 Å². The Morgan fingerprint density at radius 3 is 2.96 bits per heavy atom. The Bertz CT molecular complexity index is 736. The SMILES string of the molecule is Cc1ncsc1CN1CC[C@H]2OCCN(C(=O)c3ccncc3)[C@@H]2C1. The molecule has 0 N–H and O–H groups in total. The number of ether oxygens (including phenoxy) is 1. The molecule has 1 amide bonds. The molecule has 2 atom stereocenters. The number of thiazole rings is 1. The summed E-state index contributed by atoms with van der Waals surface area (Å²) in [7, 11) is 0. The molecule has 7 heteroatoms. The Hall–Kier alpha value is -1.83. The fourth-order valence-corrected chi connectivity index (χ4v) is 4.49. The lowest BCUT2D eigenvalue weighted by molar-refractivity contribution is -0.0913. The number of pyridine rings is 1. The van der Waals surface area contributed by atoms with Gasteiger partial charge in [-0.25, -0.2) is 4.98 Å². The molecule has 2 aliphatic heterocycles. The average molecular weight is 358 g/mol. The normalized spacial score (nSPS) is 24.1. The summed E-state index contributed by atoms with van der Waals surface area (Å²) in [5, 5.41) is 0. The Labute approximate surface area is 151 Å². The number of rotatable bonds is 3. The smallest absolute Gasteiger partial charge is 0.254 e. The molecule has 2 aliphatic rings. The molecule has 0 saturated carbocycles. The highest BCUT2D eigenvalue weighted by atomic mass is 32.1. The molecule has 0 spiro atoms. The van der Waals surface area contributed by atoms with E-state index in [1.807, 2.05) is 10.4 Å². The zero-order chi connectivity index (χ0) is 17.2. The number of likely N-dealkylation sites (tertiary alicyclic amines) is 1. The van der Waals surface area contributed by atoms with Crippen LogP contribution < -0.4 is 0 Å². The lowest BCUT2D eigenvalue weighted by Crippen LogP contribution is -2.61. The number of morpholine rings is 1.